The molecule has 0 atom stereocenters. The second-order valence-corrected chi connectivity index (χ2v) is 6.30. The predicted molar refractivity (Wildman–Crippen MR) is 97.1 cm³/mol. The van der Waals surface area contributed by atoms with Crippen LogP contribution in [0, 0.1) is 13.8 Å². The van der Waals surface area contributed by atoms with Crippen LogP contribution in [-0.4, -0.2) is 23.3 Å². The molecule has 0 spiro atoms. The lowest BCUT2D eigenvalue weighted by atomic mass is 10.1. The SMILES string of the molecule is CC(=O)N(CC(=O)Nc1cc(Cl)ccc1C)Cc1ccc(C)cc1. The molecule has 0 aliphatic carbocycles. The molecule has 0 aliphatic heterocycles. The number of benzene rings is 2. The number of anilines is 1. The molecule has 0 saturated heterocycles. The van der Waals surface area contributed by atoms with Gasteiger partial charge < -0.3 is 10.2 Å². The van der Waals surface area contributed by atoms with Gasteiger partial charge >= 0.3 is 0 Å². The second kappa shape index (κ2) is 7.97. The molecule has 4 nitrogen and oxygen atoms in total. The van der Waals surface area contributed by atoms with E-state index in [9.17, 15) is 9.59 Å². The van der Waals surface area contributed by atoms with Crippen LogP contribution in [0.15, 0.2) is 42.5 Å². The van der Waals surface area contributed by atoms with Crippen LogP contribution in [0.5, 0.6) is 0 Å². The minimum absolute atomic E-state index is 0.00480. The molecule has 0 aromatic heterocycles. The van der Waals surface area contributed by atoms with E-state index in [0.29, 0.717) is 17.3 Å². The molecule has 5 heteroatoms. The van der Waals surface area contributed by atoms with Crippen LogP contribution in [0.25, 0.3) is 0 Å². The van der Waals surface area contributed by atoms with Gasteiger partial charge in [-0.25, -0.2) is 0 Å². The number of aryl methyl sites for hydroxylation is 2. The van der Waals surface area contributed by atoms with Crippen molar-refractivity contribution >= 4 is 29.1 Å². The number of nitrogens with one attached hydrogen (secondary N) is 1. The Morgan fingerprint density at radius 2 is 1.75 bits per heavy atom. The van der Waals surface area contributed by atoms with Crippen LogP contribution >= 0.6 is 11.6 Å². The first kappa shape index (κ1) is 18.0. The first-order valence-electron chi connectivity index (χ1n) is 7.72. The summed E-state index contributed by atoms with van der Waals surface area (Å²) >= 11 is 5.96. The van der Waals surface area contributed by atoms with Gasteiger partial charge in [-0.1, -0.05) is 47.5 Å². The van der Waals surface area contributed by atoms with E-state index in [-0.39, 0.29) is 18.4 Å². The molecule has 0 saturated carbocycles. The predicted octanol–water partition coefficient (Wildman–Crippen LogP) is 3.94. The quantitative estimate of drug-likeness (QED) is 0.893. The molecule has 2 rings (SSSR count). The summed E-state index contributed by atoms with van der Waals surface area (Å²) in [6, 6.07) is 13.2. The topological polar surface area (TPSA) is 49.4 Å². The average molecular weight is 345 g/mol. The van der Waals surface area contributed by atoms with E-state index in [1.807, 2.05) is 44.2 Å². The summed E-state index contributed by atoms with van der Waals surface area (Å²) in [5.41, 5.74) is 3.72. The lowest BCUT2D eigenvalue weighted by molar-refractivity contribution is -0.133. The summed E-state index contributed by atoms with van der Waals surface area (Å²) in [6.07, 6.45) is 0. The molecule has 24 heavy (non-hydrogen) atoms. The van der Waals surface area contributed by atoms with Gasteiger partial charge in [0.15, 0.2) is 0 Å². The van der Waals surface area contributed by atoms with Crippen molar-refractivity contribution in [1.29, 1.82) is 0 Å². The van der Waals surface area contributed by atoms with E-state index >= 15 is 0 Å². The molecule has 0 radical (unpaired) electrons. The van der Waals surface area contributed by atoms with Crippen molar-refractivity contribution in [3.63, 3.8) is 0 Å². The first-order valence-corrected chi connectivity index (χ1v) is 8.10. The molecule has 0 heterocycles. The molecule has 2 aromatic rings. The van der Waals surface area contributed by atoms with Crippen molar-refractivity contribution in [3.05, 3.63) is 64.2 Å². The van der Waals surface area contributed by atoms with Gasteiger partial charge in [0.2, 0.25) is 11.8 Å². The molecule has 1 N–H and O–H groups in total. The average Bonchev–Trinajstić information content (AvgIpc) is 2.52. The Hall–Kier alpha value is -2.33. The summed E-state index contributed by atoms with van der Waals surface area (Å²) < 4.78 is 0. The van der Waals surface area contributed by atoms with Gasteiger partial charge in [-0.15, -0.1) is 0 Å². The highest BCUT2D eigenvalue weighted by molar-refractivity contribution is 6.31. The maximum absolute atomic E-state index is 12.3. The van der Waals surface area contributed by atoms with Crippen LogP contribution in [0.4, 0.5) is 5.69 Å². The van der Waals surface area contributed by atoms with E-state index in [2.05, 4.69) is 5.32 Å². The van der Waals surface area contributed by atoms with Crippen molar-refractivity contribution in [1.82, 2.24) is 4.90 Å². The van der Waals surface area contributed by atoms with E-state index in [4.69, 9.17) is 11.6 Å². The summed E-state index contributed by atoms with van der Waals surface area (Å²) in [4.78, 5) is 25.6. The van der Waals surface area contributed by atoms with Crippen molar-refractivity contribution in [3.8, 4) is 0 Å². The van der Waals surface area contributed by atoms with Crippen LogP contribution in [0.2, 0.25) is 5.02 Å². The zero-order valence-corrected chi connectivity index (χ0v) is 14.9. The summed E-state index contributed by atoms with van der Waals surface area (Å²) in [5.74, 6) is -0.392. The molecule has 0 fully saturated rings. The fourth-order valence-electron chi connectivity index (χ4n) is 2.28. The third-order valence-electron chi connectivity index (χ3n) is 3.75. The lowest BCUT2D eigenvalue weighted by Crippen LogP contribution is -2.36. The molecule has 0 bridgehead atoms. The zero-order chi connectivity index (χ0) is 17.7. The largest absolute Gasteiger partial charge is 0.329 e. The van der Waals surface area contributed by atoms with Crippen molar-refractivity contribution < 1.29 is 9.59 Å². The smallest absolute Gasteiger partial charge is 0.244 e. The number of hydrogen-bond acceptors (Lipinski definition) is 2. The standard InChI is InChI=1S/C19H21ClN2O2/c1-13-4-7-16(8-5-13)11-22(15(3)23)12-19(24)21-18-10-17(20)9-6-14(18)2/h4-10H,11-12H2,1-3H3,(H,21,24). The van der Waals surface area contributed by atoms with Gasteiger partial charge in [0.25, 0.3) is 0 Å². The van der Waals surface area contributed by atoms with Crippen molar-refractivity contribution in [2.75, 3.05) is 11.9 Å². The monoisotopic (exact) mass is 344 g/mol. The highest BCUT2D eigenvalue weighted by Gasteiger charge is 2.15. The Bertz CT molecular complexity index is 742. The number of carbonyl (C=O) groups is 2. The van der Waals surface area contributed by atoms with Gasteiger partial charge in [-0.05, 0) is 37.1 Å². The maximum atomic E-state index is 12.3. The lowest BCUT2D eigenvalue weighted by Gasteiger charge is -2.21. The summed E-state index contributed by atoms with van der Waals surface area (Å²) in [5, 5.41) is 3.37. The van der Waals surface area contributed by atoms with E-state index < -0.39 is 0 Å². The molecular weight excluding hydrogens is 324 g/mol. The van der Waals surface area contributed by atoms with Gasteiger partial charge in [0.1, 0.15) is 6.54 Å². The highest BCUT2D eigenvalue weighted by atomic mass is 35.5. The number of rotatable bonds is 5. The fourth-order valence-corrected chi connectivity index (χ4v) is 2.46. The Morgan fingerprint density at radius 1 is 1.08 bits per heavy atom. The minimum atomic E-state index is -0.248. The fraction of sp³-hybridized carbons (Fsp3) is 0.263. The number of amides is 2. The number of halogens is 1. The van der Waals surface area contributed by atoms with Crippen LogP contribution < -0.4 is 5.32 Å². The van der Waals surface area contributed by atoms with Gasteiger partial charge in [0, 0.05) is 24.2 Å². The van der Waals surface area contributed by atoms with Crippen LogP contribution in [-0.2, 0) is 16.1 Å². The number of hydrogen-bond donors (Lipinski definition) is 1. The van der Waals surface area contributed by atoms with E-state index in [0.717, 1.165) is 16.7 Å². The normalized spacial score (nSPS) is 10.3. The highest BCUT2D eigenvalue weighted by Crippen LogP contribution is 2.20. The molecule has 0 aliphatic rings. The number of nitrogens with zero attached hydrogens (tertiary/aromatic N) is 1. The van der Waals surface area contributed by atoms with Gasteiger partial charge in [0.05, 0.1) is 0 Å². The Morgan fingerprint density at radius 3 is 2.38 bits per heavy atom. The maximum Gasteiger partial charge on any atom is 0.244 e. The van der Waals surface area contributed by atoms with E-state index in [1.54, 1.807) is 12.1 Å². The third-order valence-corrected chi connectivity index (χ3v) is 3.98. The molecule has 2 amide bonds. The zero-order valence-electron chi connectivity index (χ0n) is 14.1. The molecular formula is C19H21ClN2O2. The summed E-state index contributed by atoms with van der Waals surface area (Å²) in [6.45, 7) is 5.76. The second-order valence-electron chi connectivity index (χ2n) is 5.87. The Labute approximate surface area is 147 Å². The van der Waals surface area contributed by atoms with E-state index in [1.165, 1.54) is 11.8 Å². The first-order chi connectivity index (χ1) is 11.3. The number of carbonyl (C=O) groups excluding carboxylic acids is 2. The molecule has 2 aromatic carbocycles. The Balaban J connectivity index is 2.04. The third kappa shape index (κ3) is 5.10. The molecule has 0 unspecified atom stereocenters. The van der Waals surface area contributed by atoms with Crippen LogP contribution in [0.1, 0.15) is 23.6 Å². The Kier molecular flexibility index (Phi) is 5.99. The summed E-state index contributed by atoms with van der Waals surface area (Å²) in [7, 11) is 0. The van der Waals surface area contributed by atoms with Gasteiger partial charge in [-0.3, -0.25) is 9.59 Å². The molecule has 126 valence electrons. The van der Waals surface area contributed by atoms with Crippen LogP contribution in [0.3, 0.4) is 0 Å². The van der Waals surface area contributed by atoms with Crippen molar-refractivity contribution in [2.24, 2.45) is 0 Å². The minimum Gasteiger partial charge on any atom is -0.329 e. The van der Waals surface area contributed by atoms with Crippen molar-refractivity contribution in [2.45, 2.75) is 27.3 Å². The van der Waals surface area contributed by atoms with Gasteiger partial charge in [-0.2, -0.15) is 0 Å².